The Morgan fingerprint density at radius 2 is 1.82 bits per heavy atom. The maximum atomic E-state index is 8.72. The van der Waals surface area contributed by atoms with Crippen molar-refractivity contribution in [3.05, 3.63) is 58.1 Å². The summed E-state index contributed by atoms with van der Waals surface area (Å²) in [6.07, 6.45) is 0. The number of benzene rings is 2. The summed E-state index contributed by atoms with van der Waals surface area (Å²) >= 11 is 3.44. The summed E-state index contributed by atoms with van der Waals surface area (Å²) in [5, 5.41) is 12.0. The van der Waals surface area contributed by atoms with Gasteiger partial charge in [-0.05, 0) is 55.0 Å². The predicted octanol–water partition coefficient (Wildman–Crippen LogP) is 4.37. The fourth-order valence-corrected chi connectivity index (χ4v) is 2.03. The molecule has 0 spiro atoms. The number of halogens is 1. The van der Waals surface area contributed by atoms with Crippen molar-refractivity contribution in [1.29, 1.82) is 5.26 Å². The summed E-state index contributed by atoms with van der Waals surface area (Å²) in [6, 6.07) is 15.6. The van der Waals surface area contributed by atoms with Crippen molar-refractivity contribution in [2.75, 3.05) is 5.32 Å². The molecule has 0 aliphatic carbocycles. The minimum absolute atomic E-state index is 0.670. The second-order valence-corrected chi connectivity index (χ2v) is 4.69. The Hall–Kier alpha value is -1.79. The number of rotatable bonds is 2. The number of hydrogen-bond acceptors (Lipinski definition) is 2. The Kier molecular flexibility index (Phi) is 3.46. The lowest BCUT2D eigenvalue weighted by molar-refractivity contribution is 1.41. The molecule has 0 aliphatic rings. The van der Waals surface area contributed by atoms with E-state index in [0.29, 0.717) is 5.56 Å². The fourth-order valence-electron chi connectivity index (χ4n) is 1.55. The van der Waals surface area contributed by atoms with Gasteiger partial charge in [0.1, 0.15) is 0 Å². The molecule has 0 aromatic heterocycles. The van der Waals surface area contributed by atoms with Crippen LogP contribution in [0.5, 0.6) is 0 Å². The molecule has 84 valence electrons. The molecule has 17 heavy (non-hydrogen) atoms. The van der Waals surface area contributed by atoms with Gasteiger partial charge in [-0.25, -0.2) is 0 Å². The Morgan fingerprint density at radius 1 is 1.12 bits per heavy atom. The van der Waals surface area contributed by atoms with E-state index in [1.54, 1.807) is 12.1 Å². The maximum Gasteiger partial charge on any atom is 0.0991 e. The molecule has 3 heteroatoms. The average molecular weight is 287 g/mol. The number of nitrogens with zero attached hydrogens (tertiary/aromatic N) is 1. The lowest BCUT2D eigenvalue weighted by Crippen LogP contribution is -1.92. The Morgan fingerprint density at radius 3 is 2.41 bits per heavy atom. The molecule has 0 saturated carbocycles. The van der Waals surface area contributed by atoms with Gasteiger partial charge in [0, 0.05) is 15.8 Å². The zero-order valence-electron chi connectivity index (χ0n) is 9.37. The first-order valence-corrected chi connectivity index (χ1v) is 6.01. The molecule has 2 rings (SSSR count). The quantitative estimate of drug-likeness (QED) is 0.890. The van der Waals surface area contributed by atoms with Crippen LogP contribution in [0.15, 0.2) is 46.9 Å². The largest absolute Gasteiger partial charge is 0.355 e. The summed E-state index contributed by atoms with van der Waals surface area (Å²) in [5.41, 5.74) is 3.89. The van der Waals surface area contributed by atoms with Gasteiger partial charge < -0.3 is 5.32 Å². The van der Waals surface area contributed by atoms with Crippen LogP contribution in [0.1, 0.15) is 11.1 Å². The number of nitriles is 1. The highest BCUT2D eigenvalue weighted by Crippen LogP contribution is 2.23. The van der Waals surface area contributed by atoms with Crippen LogP contribution in [-0.4, -0.2) is 0 Å². The van der Waals surface area contributed by atoms with Crippen molar-refractivity contribution in [2.24, 2.45) is 0 Å². The zero-order chi connectivity index (χ0) is 12.3. The van der Waals surface area contributed by atoms with Crippen molar-refractivity contribution in [3.8, 4) is 6.07 Å². The van der Waals surface area contributed by atoms with Crippen LogP contribution in [0.25, 0.3) is 0 Å². The molecule has 0 aliphatic heterocycles. The Balaban J connectivity index is 2.23. The van der Waals surface area contributed by atoms with Gasteiger partial charge in [0.25, 0.3) is 0 Å². The van der Waals surface area contributed by atoms with E-state index in [1.807, 2.05) is 24.3 Å². The molecular weight excluding hydrogens is 276 g/mol. The third kappa shape index (κ3) is 2.86. The van der Waals surface area contributed by atoms with Crippen LogP contribution in [0.4, 0.5) is 11.4 Å². The van der Waals surface area contributed by atoms with Crippen LogP contribution < -0.4 is 5.32 Å². The van der Waals surface area contributed by atoms with E-state index >= 15 is 0 Å². The van der Waals surface area contributed by atoms with Gasteiger partial charge >= 0.3 is 0 Å². The van der Waals surface area contributed by atoms with Crippen LogP contribution >= 0.6 is 15.9 Å². The standard InChI is InChI=1S/C14H11BrN2/c1-10-8-12(15)4-7-14(10)17-13-5-2-11(9-16)3-6-13/h2-8,17H,1H3. The van der Waals surface area contributed by atoms with E-state index in [9.17, 15) is 0 Å². The fraction of sp³-hybridized carbons (Fsp3) is 0.0714. The van der Waals surface area contributed by atoms with Gasteiger partial charge in [0.2, 0.25) is 0 Å². The minimum atomic E-state index is 0.670. The third-order valence-corrected chi connectivity index (χ3v) is 2.97. The summed E-state index contributed by atoms with van der Waals surface area (Å²) in [5.74, 6) is 0. The normalized spacial score (nSPS) is 9.71. The highest BCUT2D eigenvalue weighted by atomic mass is 79.9. The number of anilines is 2. The molecule has 0 radical (unpaired) electrons. The summed E-state index contributed by atoms with van der Waals surface area (Å²) in [6.45, 7) is 2.05. The topological polar surface area (TPSA) is 35.8 Å². The molecule has 0 atom stereocenters. The van der Waals surface area contributed by atoms with Crippen LogP contribution in [-0.2, 0) is 0 Å². The first kappa shape index (κ1) is 11.7. The van der Waals surface area contributed by atoms with Crippen molar-refractivity contribution >= 4 is 27.3 Å². The van der Waals surface area contributed by atoms with E-state index < -0.39 is 0 Å². The van der Waals surface area contributed by atoms with Crippen molar-refractivity contribution < 1.29 is 0 Å². The molecule has 2 nitrogen and oxygen atoms in total. The smallest absolute Gasteiger partial charge is 0.0991 e. The van der Waals surface area contributed by atoms with Crippen LogP contribution in [0, 0.1) is 18.3 Å². The second kappa shape index (κ2) is 5.03. The zero-order valence-corrected chi connectivity index (χ0v) is 11.0. The van der Waals surface area contributed by atoms with E-state index in [0.717, 1.165) is 15.8 Å². The second-order valence-electron chi connectivity index (χ2n) is 3.77. The van der Waals surface area contributed by atoms with Gasteiger partial charge in [-0.1, -0.05) is 15.9 Å². The molecule has 1 N–H and O–H groups in total. The maximum absolute atomic E-state index is 8.72. The van der Waals surface area contributed by atoms with Crippen molar-refractivity contribution in [1.82, 2.24) is 0 Å². The number of hydrogen-bond donors (Lipinski definition) is 1. The predicted molar refractivity (Wildman–Crippen MR) is 73.3 cm³/mol. The minimum Gasteiger partial charge on any atom is -0.355 e. The van der Waals surface area contributed by atoms with Crippen LogP contribution in [0.2, 0.25) is 0 Å². The third-order valence-electron chi connectivity index (χ3n) is 2.48. The summed E-state index contributed by atoms with van der Waals surface area (Å²) in [7, 11) is 0. The van der Waals surface area contributed by atoms with Gasteiger partial charge in [-0.15, -0.1) is 0 Å². The molecule has 0 bridgehead atoms. The Labute approximate surface area is 109 Å². The molecule has 0 unspecified atom stereocenters. The van der Waals surface area contributed by atoms with E-state index in [1.165, 1.54) is 5.56 Å². The monoisotopic (exact) mass is 286 g/mol. The van der Waals surface area contributed by atoms with Crippen LogP contribution in [0.3, 0.4) is 0 Å². The van der Waals surface area contributed by atoms with Crippen molar-refractivity contribution in [3.63, 3.8) is 0 Å². The van der Waals surface area contributed by atoms with Crippen molar-refractivity contribution in [2.45, 2.75) is 6.92 Å². The lowest BCUT2D eigenvalue weighted by Gasteiger charge is -2.09. The average Bonchev–Trinajstić information content (AvgIpc) is 2.34. The molecule has 2 aromatic carbocycles. The van der Waals surface area contributed by atoms with Gasteiger partial charge in [0.15, 0.2) is 0 Å². The molecule has 0 heterocycles. The van der Waals surface area contributed by atoms with E-state index in [4.69, 9.17) is 5.26 Å². The molecule has 0 fully saturated rings. The Bertz CT molecular complexity index is 568. The molecule has 0 saturated heterocycles. The summed E-state index contributed by atoms with van der Waals surface area (Å²) < 4.78 is 1.07. The highest BCUT2D eigenvalue weighted by Gasteiger charge is 1.99. The number of nitrogens with one attached hydrogen (secondary N) is 1. The first-order valence-electron chi connectivity index (χ1n) is 5.22. The molecule has 0 amide bonds. The number of aryl methyl sites for hydroxylation is 1. The van der Waals surface area contributed by atoms with Gasteiger partial charge in [-0.2, -0.15) is 5.26 Å². The first-order chi connectivity index (χ1) is 8.19. The van der Waals surface area contributed by atoms with Gasteiger partial charge in [-0.3, -0.25) is 0 Å². The van der Waals surface area contributed by atoms with E-state index in [2.05, 4.69) is 40.3 Å². The highest BCUT2D eigenvalue weighted by molar-refractivity contribution is 9.10. The lowest BCUT2D eigenvalue weighted by atomic mass is 10.2. The summed E-state index contributed by atoms with van der Waals surface area (Å²) in [4.78, 5) is 0. The molecule has 2 aromatic rings. The van der Waals surface area contributed by atoms with Gasteiger partial charge in [0.05, 0.1) is 11.6 Å². The van der Waals surface area contributed by atoms with E-state index in [-0.39, 0.29) is 0 Å². The SMILES string of the molecule is Cc1cc(Br)ccc1Nc1ccc(C#N)cc1. The molecular formula is C14H11BrN2.